The average Bonchev–Trinajstić information content (AvgIpc) is 3.33. The second-order valence-corrected chi connectivity index (χ2v) is 8.23. The van der Waals surface area contributed by atoms with Gasteiger partial charge in [0.1, 0.15) is 23.0 Å². The normalized spacial score (nSPS) is 12.7. The molecule has 1 N–H and O–H groups in total. The summed E-state index contributed by atoms with van der Waals surface area (Å²) in [6.07, 6.45) is 0. The van der Waals surface area contributed by atoms with Crippen LogP contribution < -0.4 is 24.4 Å². The highest BCUT2D eigenvalue weighted by Crippen LogP contribution is 2.34. The van der Waals surface area contributed by atoms with Crippen LogP contribution in [0.15, 0.2) is 59.0 Å². The zero-order valence-electron chi connectivity index (χ0n) is 19.7. The number of hydrogen-bond acceptors (Lipinski definition) is 7. The fourth-order valence-electron chi connectivity index (χ4n) is 3.53. The first-order chi connectivity index (χ1) is 16.8. The molecule has 0 saturated carbocycles. The lowest BCUT2D eigenvalue weighted by Crippen LogP contribution is -2.38. The third-order valence-electron chi connectivity index (χ3n) is 5.27. The van der Waals surface area contributed by atoms with Crippen LogP contribution in [-0.2, 0) is 11.3 Å². The van der Waals surface area contributed by atoms with Crippen molar-refractivity contribution in [3.05, 3.63) is 71.7 Å². The number of carbonyl (C=O) groups excluding carboxylic acids is 3. The summed E-state index contributed by atoms with van der Waals surface area (Å²) in [5.74, 6) is 1.41. The van der Waals surface area contributed by atoms with Crippen LogP contribution in [0.3, 0.4) is 0 Å². The molecule has 0 unspecified atom stereocenters. The minimum absolute atomic E-state index is 0.0339. The molecule has 182 valence electrons. The van der Waals surface area contributed by atoms with Gasteiger partial charge in [-0.2, -0.15) is 0 Å². The van der Waals surface area contributed by atoms with Gasteiger partial charge in [-0.3, -0.25) is 19.3 Å². The van der Waals surface area contributed by atoms with Crippen molar-refractivity contribution in [1.82, 2.24) is 5.32 Å². The van der Waals surface area contributed by atoms with Crippen LogP contribution in [0, 0.1) is 0 Å². The fourth-order valence-corrected chi connectivity index (χ4v) is 3.53. The van der Waals surface area contributed by atoms with Gasteiger partial charge >= 0.3 is 0 Å². The van der Waals surface area contributed by atoms with Gasteiger partial charge in [-0.25, -0.2) is 0 Å². The maximum absolute atomic E-state index is 12.8. The number of ketones is 1. The average molecular weight is 479 g/mol. The first kappa shape index (κ1) is 23.9. The summed E-state index contributed by atoms with van der Waals surface area (Å²) in [5.41, 5.74) is 0.818. The first-order valence-electron chi connectivity index (χ1n) is 11.1. The zero-order valence-corrected chi connectivity index (χ0v) is 19.7. The molecular formula is C26H26N2O7. The molecule has 0 atom stereocenters. The summed E-state index contributed by atoms with van der Waals surface area (Å²) in [6.45, 7) is 3.48. The number of fused-ring (bicyclic) bond motifs is 1. The van der Waals surface area contributed by atoms with Crippen LogP contribution in [0.2, 0.25) is 0 Å². The molecule has 0 saturated heterocycles. The molecule has 1 aliphatic rings. The Hall–Kier alpha value is -4.27. The lowest BCUT2D eigenvalue weighted by atomic mass is 10.1. The van der Waals surface area contributed by atoms with E-state index in [4.69, 9.17) is 18.6 Å². The molecule has 1 aliphatic heterocycles. The van der Waals surface area contributed by atoms with Gasteiger partial charge in [-0.1, -0.05) is 0 Å². The molecule has 4 rings (SSSR count). The molecule has 1 aromatic heterocycles. The largest absolute Gasteiger partial charge is 0.497 e. The lowest BCUT2D eigenvalue weighted by molar-refractivity contribution is -0.121. The molecule has 0 bridgehead atoms. The molecule has 0 radical (unpaired) electrons. The molecule has 35 heavy (non-hydrogen) atoms. The summed E-state index contributed by atoms with van der Waals surface area (Å²) >= 11 is 0. The Morgan fingerprint density at radius 2 is 1.80 bits per heavy atom. The van der Waals surface area contributed by atoms with Crippen LogP contribution in [0.4, 0.5) is 5.69 Å². The van der Waals surface area contributed by atoms with Gasteiger partial charge in [0.25, 0.3) is 11.8 Å². The predicted molar refractivity (Wildman–Crippen MR) is 127 cm³/mol. The Bertz CT molecular complexity index is 1230. The van der Waals surface area contributed by atoms with Crippen LogP contribution in [-0.4, -0.2) is 44.0 Å². The van der Waals surface area contributed by atoms with Crippen molar-refractivity contribution in [2.24, 2.45) is 0 Å². The standard InChI is InChI=1S/C26H26N2O7/c1-16(2)27-26(31)24-11-9-20(35-24)13-28-21-12-17(4-10-23(21)34-15-25(28)30)22(29)14-33-19-7-5-18(32-3)6-8-19/h4-12,16H,13-15H2,1-3H3,(H,27,31). The lowest BCUT2D eigenvalue weighted by Gasteiger charge is -2.29. The molecule has 0 spiro atoms. The highest BCUT2D eigenvalue weighted by molar-refractivity contribution is 6.02. The Kier molecular flexibility index (Phi) is 7.05. The van der Waals surface area contributed by atoms with Crippen LogP contribution in [0.25, 0.3) is 0 Å². The number of carbonyl (C=O) groups is 3. The topological polar surface area (TPSA) is 107 Å². The van der Waals surface area contributed by atoms with E-state index in [-0.39, 0.29) is 49.2 Å². The van der Waals surface area contributed by atoms with E-state index in [1.165, 1.54) is 4.90 Å². The number of ether oxygens (including phenoxy) is 3. The van der Waals surface area contributed by atoms with Gasteiger partial charge in [-0.15, -0.1) is 0 Å². The number of benzene rings is 2. The van der Waals surface area contributed by atoms with Gasteiger partial charge in [0.15, 0.2) is 24.8 Å². The second kappa shape index (κ2) is 10.3. The van der Waals surface area contributed by atoms with Crippen molar-refractivity contribution in [3.63, 3.8) is 0 Å². The molecule has 2 heterocycles. The Balaban J connectivity index is 1.48. The maximum atomic E-state index is 12.8. The van der Waals surface area contributed by atoms with E-state index in [1.807, 2.05) is 13.8 Å². The quantitative estimate of drug-likeness (QED) is 0.468. The molecule has 2 aromatic carbocycles. The highest BCUT2D eigenvalue weighted by atomic mass is 16.5. The van der Waals surface area contributed by atoms with Crippen molar-refractivity contribution in [1.29, 1.82) is 0 Å². The summed E-state index contributed by atoms with van der Waals surface area (Å²) in [5, 5.41) is 2.76. The van der Waals surface area contributed by atoms with Crippen molar-refractivity contribution in [2.45, 2.75) is 26.4 Å². The Morgan fingerprint density at radius 3 is 2.51 bits per heavy atom. The number of methoxy groups -OCH3 is 1. The van der Waals surface area contributed by atoms with Gasteiger partial charge < -0.3 is 23.9 Å². The van der Waals surface area contributed by atoms with E-state index in [9.17, 15) is 14.4 Å². The zero-order chi connectivity index (χ0) is 24.9. The van der Waals surface area contributed by atoms with Gasteiger partial charge in [0.05, 0.1) is 19.3 Å². The molecule has 9 heteroatoms. The van der Waals surface area contributed by atoms with E-state index in [0.29, 0.717) is 34.3 Å². The van der Waals surface area contributed by atoms with Crippen LogP contribution in [0.5, 0.6) is 17.2 Å². The third kappa shape index (κ3) is 5.63. The van der Waals surface area contributed by atoms with E-state index in [2.05, 4.69) is 5.32 Å². The van der Waals surface area contributed by atoms with Crippen molar-refractivity contribution >= 4 is 23.3 Å². The first-order valence-corrected chi connectivity index (χ1v) is 11.1. The summed E-state index contributed by atoms with van der Waals surface area (Å²) in [6, 6.07) is 15.0. The molecular weight excluding hydrogens is 452 g/mol. The van der Waals surface area contributed by atoms with Gasteiger partial charge in [0.2, 0.25) is 0 Å². The van der Waals surface area contributed by atoms with Crippen molar-refractivity contribution in [2.75, 3.05) is 25.2 Å². The monoisotopic (exact) mass is 478 g/mol. The van der Waals surface area contributed by atoms with E-state index < -0.39 is 0 Å². The summed E-state index contributed by atoms with van der Waals surface area (Å²) in [7, 11) is 1.57. The summed E-state index contributed by atoms with van der Waals surface area (Å²) < 4.78 is 21.9. The van der Waals surface area contributed by atoms with Gasteiger partial charge in [0, 0.05) is 11.6 Å². The number of rotatable bonds is 9. The Labute approximate surface area is 202 Å². The molecule has 3 aromatic rings. The second-order valence-electron chi connectivity index (χ2n) is 8.23. The molecule has 2 amide bonds. The number of nitrogens with one attached hydrogen (secondary N) is 1. The van der Waals surface area contributed by atoms with Crippen molar-refractivity contribution in [3.8, 4) is 17.2 Å². The molecule has 9 nitrogen and oxygen atoms in total. The summed E-state index contributed by atoms with van der Waals surface area (Å²) in [4.78, 5) is 39.1. The van der Waals surface area contributed by atoms with Crippen LogP contribution >= 0.6 is 0 Å². The number of hydrogen-bond donors (Lipinski definition) is 1. The number of nitrogens with zero attached hydrogens (tertiary/aromatic N) is 1. The van der Waals surface area contributed by atoms with Crippen molar-refractivity contribution < 1.29 is 33.0 Å². The fraction of sp³-hybridized carbons (Fsp3) is 0.269. The minimum Gasteiger partial charge on any atom is -0.497 e. The maximum Gasteiger partial charge on any atom is 0.287 e. The molecule has 0 fully saturated rings. The number of anilines is 1. The van der Waals surface area contributed by atoms with E-state index in [0.717, 1.165) is 0 Å². The van der Waals surface area contributed by atoms with Gasteiger partial charge in [-0.05, 0) is 68.4 Å². The number of furan rings is 1. The SMILES string of the molecule is COc1ccc(OCC(=O)c2ccc3c(c2)N(Cc2ccc(C(=O)NC(C)C)o2)C(=O)CO3)cc1. The Morgan fingerprint density at radius 1 is 1.06 bits per heavy atom. The minimum atomic E-state index is -0.329. The van der Waals surface area contributed by atoms with E-state index in [1.54, 1.807) is 61.7 Å². The number of amides is 2. The number of Topliss-reactive ketones (excluding diaryl/α,β-unsaturated/α-hetero) is 1. The molecule has 0 aliphatic carbocycles. The smallest absolute Gasteiger partial charge is 0.287 e. The third-order valence-corrected chi connectivity index (χ3v) is 5.27. The highest BCUT2D eigenvalue weighted by Gasteiger charge is 2.28. The van der Waals surface area contributed by atoms with E-state index >= 15 is 0 Å². The predicted octanol–water partition coefficient (Wildman–Crippen LogP) is 3.61. The van der Waals surface area contributed by atoms with Crippen LogP contribution in [0.1, 0.15) is 40.5 Å².